The van der Waals surface area contributed by atoms with E-state index in [2.05, 4.69) is 16.4 Å². The minimum atomic E-state index is -0.851. The molecular formula is C22H24N4O4. The predicted molar refractivity (Wildman–Crippen MR) is 109 cm³/mol. The number of aromatic nitrogens is 2. The lowest BCUT2D eigenvalue weighted by molar-refractivity contribution is -0.125. The largest absolute Gasteiger partial charge is 0.452 e. The van der Waals surface area contributed by atoms with E-state index in [0.717, 1.165) is 44.3 Å². The zero-order valence-corrected chi connectivity index (χ0v) is 16.8. The molecule has 30 heavy (non-hydrogen) atoms. The zero-order chi connectivity index (χ0) is 21.1. The number of hydrogen-bond acceptors (Lipinski definition) is 6. The van der Waals surface area contributed by atoms with Crippen molar-refractivity contribution in [1.29, 1.82) is 5.26 Å². The molecule has 0 spiro atoms. The summed E-state index contributed by atoms with van der Waals surface area (Å²) in [7, 11) is 0. The molecule has 0 atom stereocenters. The summed E-state index contributed by atoms with van der Waals surface area (Å²) in [6, 6.07) is 6.81. The number of aryl methyl sites for hydroxylation is 1. The molecule has 8 heteroatoms. The third kappa shape index (κ3) is 3.92. The molecule has 2 heterocycles. The molecule has 0 bridgehead atoms. The van der Waals surface area contributed by atoms with Gasteiger partial charge >= 0.3 is 5.97 Å². The fraction of sp³-hybridized carbons (Fsp3) is 0.500. The van der Waals surface area contributed by atoms with Gasteiger partial charge in [-0.25, -0.2) is 9.78 Å². The van der Waals surface area contributed by atoms with Gasteiger partial charge in [0.2, 0.25) is 0 Å². The summed E-state index contributed by atoms with van der Waals surface area (Å²) in [5, 5.41) is 12.5. The first-order chi connectivity index (χ1) is 14.5. The third-order valence-electron chi connectivity index (χ3n) is 5.94. The van der Waals surface area contributed by atoms with Crippen LogP contribution in [0.4, 0.5) is 0 Å². The Bertz CT molecular complexity index is 1090. The van der Waals surface area contributed by atoms with Crippen LogP contribution >= 0.6 is 0 Å². The molecule has 0 unspecified atom stereocenters. The Morgan fingerprint density at radius 3 is 2.77 bits per heavy atom. The van der Waals surface area contributed by atoms with E-state index in [4.69, 9.17) is 4.74 Å². The van der Waals surface area contributed by atoms with Gasteiger partial charge in [0.1, 0.15) is 11.4 Å². The number of nitriles is 1. The van der Waals surface area contributed by atoms with Crippen molar-refractivity contribution in [2.24, 2.45) is 0 Å². The van der Waals surface area contributed by atoms with Crippen molar-refractivity contribution in [2.45, 2.75) is 63.5 Å². The summed E-state index contributed by atoms with van der Waals surface area (Å²) < 4.78 is 6.86. The second-order valence-corrected chi connectivity index (χ2v) is 8.05. The van der Waals surface area contributed by atoms with E-state index in [0.29, 0.717) is 30.3 Å². The van der Waals surface area contributed by atoms with Crippen LogP contribution < -0.4 is 10.9 Å². The number of esters is 1. The highest BCUT2D eigenvalue weighted by atomic mass is 16.5. The van der Waals surface area contributed by atoms with Crippen LogP contribution in [0.1, 0.15) is 61.1 Å². The highest BCUT2D eigenvalue weighted by Crippen LogP contribution is 2.28. The lowest BCUT2D eigenvalue weighted by atomic mass is 10.00. The van der Waals surface area contributed by atoms with Crippen LogP contribution in [-0.2, 0) is 22.5 Å². The van der Waals surface area contributed by atoms with Crippen molar-refractivity contribution >= 4 is 22.8 Å². The Morgan fingerprint density at radius 2 is 2.00 bits per heavy atom. The van der Waals surface area contributed by atoms with Gasteiger partial charge < -0.3 is 10.1 Å². The number of carbonyl (C=O) groups excluding carboxylic acids is 2. The van der Waals surface area contributed by atoms with Gasteiger partial charge in [0.15, 0.2) is 6.61 Å². The molecule has 0 radical (unpaired) electrons. The fourth-order valence-corrected chi connectivity index (χ4v) is 4.31. The van der Waals surface area contributed by atoms with Crippen LogP contribution in [0.2, 0.25) is 0 Å². The van der Waals surface area contributed by atoms with Crippen molar-refractivity contribution in [3.63, 3.8) is 0 Å². The van der Waals surface area contributed by atoms with E-state index in [1.165, 1.54) is 12.1 Å². The van der Waals surface area contributed by atoms with Crippen LogP contribution in [-0.4, -0.2) is 33.6 Å². The van der Waals surface area contributed by atoms with Gasteiger partial charge in [-0.1, -0.05) is 6.42 Å². The maximum absolute atomic E-state index is 12.8. The van der Waals surface area contributed by atoms with Crippen LogP contribution in [0.25, 0.3) is 10.9 Å². The Balaban J connectivity index is 1.48. The molecule has 1 saturated carbocycles. The molecule has 1 aliphatic carbocycles. The Kier molecular flexibility index (Phi) is 5.53. The number of hydrogen-bond donors (Lipinski definition) is 1. The number of rotatable bonds is 4. The van der Waals surface area contributed by atoms with Crippen LogP contribution in [0.5, 0.6) is 0 Å². The smallest absolute Gasteiger partial charge is 0.338 e. The first-order valence-corrected chi connectivity index (χ1v) is 10.4. The molecule has 0 saturated heterocycles. The predicted octanol–water partition coefficient (Wildman–Crippen LogP) is 2.23. The first kappa shape index (κ1) is 20.1. The van der Waals surface area contributed by atoms with Crippen molar-refractivity contribution in [1.82, 2.24) is 14.9 Å². The summed E-state index contributed by atoms with van der Waals surface area (Å²) in [4.78, 5) is 42.0. The van der Waals surface area contributed by atoms with Gasteiger partial charge in [-0.3, -0.25) is 14.2 Å². The van der Waals surface area contributed by atoms with Gasteiger partial charge in [0, 0.05) is 13.0 Å². The van der Waals surface area contributed by atoms with Gasteiger partial charge in [0.05, 0.1) is 22.5 Å². The Hall–Kier alpha value is -3.21. The number of carbonyl (C=O) groups is 2. The molecule has 156 valence electrons. The van der Waals surface area contributed by atoms with Gasteiger partial charge in [-0.05, 0) is 56.7 Å². The third-order valence-corrected chi connectivity index (χ3v) is 5.94. The molecule has 1 aromatic heterocycles. The van der Waals surface area contributed by atoms with Crippen LogP contribution in [0.3, 0.4) is 0 Å². The highest BCUT2D eigenvalue weighted by molar-refractivity contribution is 5.95. The average molecular weight is 408 g/mol. The fourth-order valence-electron chi connectivity index (χ4n) is 4.31. The van der Waals surface area contributed by atoms with Gasteiger partial charge in [-0.2, -0.15) is 5.26 Å². The minimum Gasteiger partial charge on any atom is -0.452 e. The van der Waals surface area contributed by atoms with Crippen molar-refractivity contribution in [3.05, 3.63) is 39.9 Å². The zero-order valence-electron chi connectivity index (χ0n) is 16.8. The molecule has 4 rings (SSSR count). The van der Waals surface area contributed by atoms with E-state index in [-0.39, 0.29) is 11.1 Å². The maximum atomic E-state index is 12.8. The molecule has 1 N–H and O–H groups in total. The average Bonchev–Trinajstić information content (AvgIpc) is 3.08. The van der Waals surface area contributed by atoms with Crippen LogP contribution in [0, 0.1) is 11.3 Å². The van der Waals surface area contributed by atoms with Gasteiger partial charge in [-0.15, -0.1) is 0 Å². The topological polar surface area (TPSA) is 114 Å². The van der Waals surface area contributed by atoms with Crippen molar-refractivity contribution < 1.29 is 14.3 Å². The summed E-state index contributed by atoms with van der Waals surface area (Å²) in [6.07, 6.45) is 6.74. The lowest BCUT2D eigenvalue weighted by Crippen LogP contribution is -2.46. The van der Waals surface area contributed by atoms with Crippen molar-refractivity contribution in [3.8, 4) is 6.07 Å². The molecule has 1 amide bonds. The maximum Gasteiger partial charge on any atom is 0.338 e. The molecule has 2 aliphatic rings. The normalized spacial score (nSPS) is 17.6. The number of fused-ring (bicyclic) bond motifs is 2. The Morgan fingerprint density at radius 1 is 1.20 bits per heavy atom. The van der Waals surface area contributed by atoms with Crippen LogP contribution in [0.15, 0.2) is 23.0 Å². The summed E-state index contributed by atoms with van der Waals surface area (Å²) in [5.41, 5.74) is -0.247. The lowest BCUT2D eigenvalue weighted by Gasteiger charge is -2.21. The second-order valence-electron chi connectivity index (χ2n) is 8.05. The standard InChI is InChI=1S/C22H24N4O4/c23-14-22(9-3-4-10-22)25-19(27)13-30-21(29)15-7-8-16-17(12-15)24-18-6-2-1-5-11-26(18)20(16)28/h7-8,12H,1-6,9-11,13H2,(H,25,27). The first-order valence-electron chi connectivity index (χ1n) is 10.4. The van der Waals surface area contributed by atoms with E-state index >= 15 is 0 Å². The monoisotopic (exact) mass is 408 g/mol. The quantitative estimate of drug-likeness (QED) is 0.776. The van der Waals surface area contributed by atoms with Gasteiger partial charge in [0.25, 0.3) is 11.5 Å². The molecule has 1 aromatic carbocycles. The number of benzene rings is 1. The van der Waals surface area contributed by atoms with E-state index in [9.17, 15) is 19.6 Å². The number of ether oxygens (including phenoxy) is 1. The summed E-state index contributed by atoms with van der Waals surface area (Å²) in [6.45, 7) is 0.209. The van der Waals surface area contributed by atoms with E-state index in [1.807, 2.05) is 0 Å². The second kappa shape index (κ2) is 8.27. The molecule has 1 aliphatic heterocycles. The molecular weight excluding hydrogens is 384 g/mol. The Labute approximate surface area is 173 Å². The minimum absolute atomic E-state index is 0.0884. The highest BCUT2D eigenvalue weighted by Gasteiger charge is 2.35. The SMILES string of the molecule is N#CC1(NC(=O)COC(=O)c2ccc3c(=O)n4c(nc3c2)CCCCC4)CCCC1. The van der Waals surface area contributed by atoms with E-state index < -0.39 is 24.0 Å². The molecule has 8 nitrogen and oxygen atoms in total. The van der Waals surface area contributed by atoms with Crippen molar-refractivity contribution in [2.75, 3.05) is 6.61 Å². The number of amides is 1. The summed E-state index contributed by atoms with van der Waals surface area (Å²) >= 11 is 0. The number of nitrogens with zero attached hydrogens (tertiary/aromatic N) is 3. The summed E-state index contributed by atoms with van der Waals surface area (Å²) in [5.74, 6) is -0.413. The van der Waals surface area contributed by atoms with E-state index in [1.54, 1.807) is 10.6 Å². The number of nitrogens with one attached hydrogen (secondary N) is 1. The molecule has 1 fully saturated rings. The molecule has 2 aromatic rings.